The zero-order valence-corrected chi connectivity index (χ0v) is 20.8. The molecule has 1 saturated heterocycles. The van der Waals surface area contributed by atoms with Gasteiger partial charge in [0.15, 0.2) is 18.0 Å². The number of ether oxygens (including phenoxy) is 7. The fourth-order valence-corrected chi connectivity index (χ4v) is 3.58. The summed E-state index contributed by atoms with van der Waals surface area (Å²) in [5.41, 5.74) is 3.83. The van der Waals surface area contributed by atoms with Crippen molar-refractivity contribution >= 4 is 29.8 Å². The van der Waals surface area contributed by atoms with Gasteiger partial charge in [-0.05, 0) is 17.5 Å². The molecule has 3 rings (SSSR count). The first kappa shape index (κ1) is 27.3. The van der Waals surface area contributed by atoms with E-state index >= 15 is 0 Å². The van der Waals surface area contributed by atoms with E-state index in [2.05, 4.69) is 19.6 Å². The molecule has 200 valence electrons. The van der Waals surface area contributed by atoms with Crippen molar-refractivity contribution in [1.82, 2.24) is 14.6 Å². The van der Waals surface area contributed by atoms with E-state index in [4.69, 9.17) is 29.4 Å². The van der Waals surface area contributed by atoms with Gasteiger partial charge < -0.3 is 38.9 Å². The van der Waals surface area contributed by atoms with Crippen LogP contribution >= 0.6 is 0 Å². The van der Waals surface area contributed by atoms with Crippen molar-refractivity contribution in [3.05, 3.63) is 24.2 Å². The number of nitrogens with zero attached hydrogens (tertiary/aromatic N) is 4. The number of hydrogen-bond acceptors (Lipinski definition) is 14. The Morgan fingerprint density at radius 1 is 1.14 bits per heavy atom. The minimum Gasteiger partial charge on any atom is -0.438 e. The third-order valence-electron chi connectivity index (χ3n) is 5.21. The lowest BCUT2D eigenvalue weighted by Crippen LogP contribution is -2.46. The molecule has 0 spiro atoms. The summed E-state index contributed by atoms with van der Waals surface area (Å²) in [4.78, 5) is 40.3. The highest BCUT2D eigenvalue weighted by molar-refractivity contribution is 5.67. The molecule has 0 aliphatic carbocycles. The maximum atomic E-state index is 12.2. The lowest BCUT2D eigenvalue weighted by molar-refractivity contribution is -0.0793. The lowest BCUT2D eigenvalue weighted by Gasteiger charge is -2.27. The molecule has 2 aromatic heterocycles. The first-order valence-corrected chi connectivity index (χ1v) is 10.9. The molecular weight excluding hydrogens is 494 g/mol. The largest absolute Gasteiger partial charge is 0.508 e. The quantitative estimate of drug-likeness (QED) is 0.427. The standard InChI is InChI=1S/C22H27N5O10/c1-21(2,3)10-34-20(30)33-8-13-15(35-18(28)31-4)16(36-19(29)32-5)22(9-23,37-13)14-7-6-12-17(24)25-11-26-27(12)14/h6-7,11,13,15-16H,8,10H2,1-5H3,(H2,24,25,26)/t13-,15-,16-,22+/m1/s1. The smallest absolute Gasteiger partial charge is 0.438 e. The third kappa shape index (κ3) is 5.75. The van der Waals surface area contributed by atoms with E-state index in [1.807, 2.05) is 26.8 Å². The van der Waals surface area contributed by atoms with Gasteiger partial charge in [0.05, 0.1) is 26.5 Å². The van der Waals surface area contributed by atoms with Gasteiger partial charge in [0.1, 0.15) is 30.6 Å². The Morgan fingerprint density at radius 2 is 1.81 bits per heavy atom. The monoisotopic (exact) mass is 521 g/mol. The number of methoxy groups -OCH3 is 2. The Bertz CT molecular complexity index is 1200. The van der Waals surface area contributed by atoms with Crippen molar-refractivity contribution in [2.45, 2.75) is 44.7 Å². The first-order chi connectivity index (χ1) is 17.5. The van der Waals surface area contributed by atoms with Crippen molar-refractivity contribution < 1.29 is 47.5 Å². The normalized spacial score (nSPS) is 23.1. The molecule has 15 heteroatoms. The van der Waals surface area contributed by atoms with E-state index < -0.39 is 49.0 Å². The van der Waals surface area contributed by atoms with Crippen molar-refractivity contribution in [1.29, 1.82) is 5.26 Å². The molecule has 3 heterocycles. The molecule has 0 saturated carbocycles. The van der Waals surface area contributed by atoms with Gasteiger partial charge in [-0.1, -0.05) is 20.8 Å². The van der Waals surface area contributed by atoms with Gasteiger partial charge in [0, 0.05) is 0 Å². The highest BCUT2D eigenvalue weighted by Gasteiger charge is 2.63. The second-order valence-corrected chi connectivity index (χ2v) is 9.10. The number of aromatic nitrogens is 3. The van der Waals surface area contributed by atoms with E-state index in [0.717, 1.165) is 20.5 Å². The van der Waals surface area contributed by atoms with Crippen LogP contribution in [0.2, 0.25) is 0 Å². The van der Waals surface area contributed by atoms with Crippen LogP contribution in [0.25, 0.3) is 5.52 Å². The Morgan fingerprint density at radius 3 is 2.43 bits per heavy atom. The highest BCUT2D eigenvalue weighted by Crippen LogP contribution is 2.43. The van der Waals surface area contributed by atoms with Gasteiger partial charge in [-0.15, -0.1) is 0 Å². The SMILES string of the molecule is COC(=O)O[C@H]1[C@@H](OC(=O)OC)[C@](C#N)(c2ccc3c(N)ncnn23)O[C@@H]1COC(=O)OCC(C)(C)C. The number of nitriles is 1. The van der Waals surface area contributed by atoms with Crippen molar-refractivity contribution in [3.63, 3.8) is 0 Å². The second-order valence-electron chi connectivity index (χ2n) is 9.10. The molecule has 0 radical (unpaired) electrons. The Hall–Kier alpha value is -4.32. The molecule has 0 amide bonds. The van der Waals surface area contributed by atoms with Gasteiger partial charge in [-0.3, -0.25) is 0 Å². The van der Waals surface area contributed by atoms with Crippen LogP contribution in [0.4, 0.5) is 20.2 Å². The number of nitrogens with two attached hydrogens (primary N) is 1. The molecule has 1 aliphatic heterocycles. The lowest BCUT2D eigenvalue weighted by atomic mass is 9.92. The van der Waals surface area contributed by atoms with E-state index in [9.17, 15) is 19.6 Å². The summed E-state index contributed by atoms with van der Waals surface area (Å²) in [6.45, 7) is 5.08. The average Bonchev–Trinajstić information content (AvgIpc) is 3.42. The van der Waals surface area contributed by atoms with Crippen LogP contribution in [-0.2, 0) is 38.8 Å². The summed E-state index contributed by atoms with van der Waals surface area (Å²) in [7, 11) is 2.11. The zero-order chi connectivity index (χ0) is 27.4. The van der Waals surface area contributed by atoms with Crippen LogP contribution in [0.5, 0.6) is 0 Å². The number of rotatable bonds is 6. The predicted molar refractivity (Wildman–Crippen MR) is 121 cm³/mol. The molecule has 2 aromatic rings. The van der Waals surface area contributed by atoms with Gasteiger partial charge in [0.25, 0.3) is 0 Å². The molecule has 0 bridgehead atoms. The molecule has 0 unspecified atom stereocenters. The van der Waals surface area contributed by atoms with E-state index in [0.29, 0.717) is 5.52 Å². The van der Waals surface area contributed by atoms with E-state index in [1.54, 1.807) is 0 Å². The van der Waals surface area contributed by atoms with E-state index in [1.165, 1.54) is 16.6 Å². The van der Waals surface area contributed by atoms with E-state index in [-0.39, 0.29) is 23.5 Å². The topological polar surface area (TPSA) is 196 Å². The van der Waals surface area contributed by atoms with Crippen LogP contribution < -0.4 is 5.73 Å². The second kappa shape index (κ2) is 10.7. The highest BCUT2D eigenvalue weighted by atomic mass is 16.8. The Balaban J connectivity index is 2.03. The van der Waals surface area contributed by atoms with Crippen molar-refractivity contribution in [2.24, 2.45) is 5.41 Å². The van der Waals surface area contributed by atoms with Crippen LogP contribution in [0.3, 0.4) is 0 Å². The summed E-state index contributed by atoms with van der Waals surface area (Å²) in [6.07, 6.45) is -6.69. The number of nitrogen functional groups attached to an aromatic ring is 1. The average molecular weight is 521 g/mol. The maximum Gasteiger partial charge on any atom is 0.508 e. The molecule has 0 aromatic carbocycles. The van der Waals surface area contributed by atoms with Crippen LogP contribution in [0.15, 0.2) is 18.5 Å². The molecule has 1 fully saturated rings. The Kier molecular flexibility index (Phi) is 7.92. The summed E-state index contributed by atoms with van der Waals surface area (Å²) >= 11 is 0. The molecule has 15 nitrogen and oxygen atoms in total. The summed E-state index contributed by atoms with van der Waals surface area (Å²) < 4.78 is 37.3. The van der Waals surface area contributed by atoms with Gasteiger partial charge >= 0.3 is 18.5 Å². The molecule has 1 aliphatic rings. The minimum atomic E-state index is -2.14. The number of carbonyl (C=O) groups is 3. The number of hydrogen-bond donors (Lipinski definition) is 1. The van der Waals surface area contributed by atoms with Crippen LogP contribution in [-0.4, -0.2) is 78.8 Å². The maximum absolute atomic E-state index is 12.2. The number of anilines is 1. The fourth-order valence-electron chi connectivity index (χ4n) is 3.58. The van der Waals surface area contributed by atoms with Crippen molar-refractivity contribution in [3.8, 4) is 6.07 Å². The first-order valence-electron chi connectivity index (χ1n) is 10.9. The molecule has 37 heavy (non-hydrogen) atoms. The van der Waals surface area contributed by atoms with Crippen LogP contribution in [0, 0.1) is 16.7 Å². The Labute approximate surface area is 211 Å². The fraction of sp³-hybridized carbons (Fsp3) is 0.545. The number of carbonyl (C=O) groups excluding carboxylic acids is 3. The summed E-state index contributed by atoms with van der Waals surface area (Å²) in [5, 5.41) is 14.5. The van der Waals surface area contributed by atoms with Crippen molar-refractivity contribution in [2.75, 3.05) is 33.2 Å². The van der Waals surface area contributed by atoms with Gasteiger partial charge in [-0.25, -0.2) is 23.9 Å². The molecule has 2 N–H and O–H groups in total. The number of fused-ring (bicyclic) bond motifs is 1. The molecular formula is C22H27N5O10. The van der Waals surface area contributed by atoms with Crippen LogP contribution in [0.1, 0.15) is 26.5 Å². The third-order valence-corrected chi connectivity index (χ3v) is 5.21. The summed E-state index contributed by atoms with van der Waals surface area (Å²) in [5.74, 6) is 0.0987. The predicted octanol–water partition coefficient (Wildman–Crippen LogP) is 1.93. The zero-order valence-electron chi connectivity index (χ0n) is 20.8. The van der Waals surface area contributed by atoms with Gasteiger partial charge in [-0.2, -0.15) is 10.4 Å². The van der Waals surface area contributed by atoms with Gasteiger partial charge in [0.2, 0.25) is 5.60 Å². The molecule has 4 atom stereocenters. The summed E-state index contributed by atoms with van der Waals surface area (Å²) in [6, 6.07) is 4.95. The minimum absolute atomic E-state index is 0.0595.